The summed E-state index contributed by atoms with van der Waals surface area (Å²) < 4.78 is 0. The Morgan fingerprint density at radius 1 is 0.837 bits per heavy atom. The molecule has 3 aromatic carbocycles. The maximum atomic E-state index is 15.2. The molecule has 2 saturated carbocycles. The van der Waals surface area contributed by atoms with E-state index in [2.05, 4.69) is 12.7 Å². The fourth-order valence-corrected chi connectivity index (χ4v) is 10.1. The van der Waals surface area contributed by atoms with E-state index in [1.807, 2.05) is 78.9 Å². The van der Waals surface area contributed by atoms with Crippen LogP contribution in [-0.2, 0) is 31.0 Å². The summed E-state index contributed by atoms with van der Waals surface area (Å²) >= 11 is 0. The Labute approximate surface area is 287 Å². The third kappa shape index (κ3) is 4.67. The van der Waals surface area contributed by atoms with Gasteiger partial charge in [0.25, 0.3) is 0 Å². The second-order valence-corrected chi connectivity index (χ2v) is 14.5. The van der Waals surface area contributed by atoms with Crippen LogP contribution in [0.3, 0.4) is 0 Å². The minimum atomic E-state index is -1.37. The first-order valence-electron chi connectivity index (χ1n) is 17.8. The molecular formula is C43H41NO5. The van der Waals surface area contributed by atoms with Gasteiger partial charge in [0.1, 0.15) is 5.75 Å². The SMILES string of the molecule is C=CCc1cccc(C2C3=CCC4C(=O)N(C5CCCCC5)C(=O)C4C3CC3C(=O)C(c4ccccc4)=CC(=O)C32c2ccccc2)c1O. The average Bonchev–Trinajstić information content (AvgIpc) is 3.40. The molecule has 4 aliphatic carbocycles. The Bertz CT molecular complexity index is 1920. The molecule has 49 heavy (non-hydrogen) atoms. The molecule has 1 heterocycles. The quantitative estimate of drug-likeness (QED) is 0.224. The van der Waals surface area contributed by atoms with Gasteiger partial charge in [0.05, 0.1) is 17.3 Å². The summed E-state index contributed by atoms with van der Waals surface area (Å²) in [4.78, 5) is 60.4. The van der Waals surface area contributed by atoms with Crippen LogP contribution < -0.4 is 0 Å². The lowest BCUT2D eigenvalue weighted by atomic mass is 9.44. The van der Waals surface area contributed by atoms with Gasteiger partial charge in [0, 0.05) is 29.0 Å². The van der Waals surface area contributed by atoms with Crippen LogP contribution in [0.5, 0.6) is 5.75 Å². The predicted molar refractivity (Wildman–Crippen MR) is 187 cm³/mol. The van der Waals surface area contributed by atoms with E-state index in [4.69, 9.17) is 0 Å². The molecular weight excluding hydrogens is 610 g/mol. The first-order chi connectivity index (χ1) is 23.9. The summed E-state index contributed by atoms with van der Waals surface area (Å²) in [5, 5.41) is 12.0. The number of nitrogens with zero attached hydrogens (tertiary/aromatic N) is 1. The molecule has 1 N–H and O–H groups in total. The molecule has 1 saturated heterocycles. The number of hydrogen-bond acceptors (Lipinski definition) is 5. The number of hydrogen-bond donors (Lipinski definition) is 1. The number of phenolic OH excluding ortho intramolecular Hbond substituents is 1. The summed E-state index contributed by atoms with van der Waals surface area (Å²) in [5.41, 5.74) is 2.48. The fourth-order valence-electron chi connectivity index (χ4n) is 10.1. The van der Waals surface area contributed by atoms with Gasteiger partial charge in [0.15, 0.2) is 11.6 Å². The van der Waals surface area contributed by atoms with Crippen LogP contribution >= 0.6 is 0 Å². The Kier molecular flexibility index (Phi) is 7.85. The van der Waals surface area contributed by atoms with Crippen molar-refractivity contribution >= 4 is 29.0 Å². The van der Waals surface area contributed by atoms with Crippen molar-refractivity contribution in [1.82, 2.24) is 4.90 Å². The van der Waals surface area contributed by atoms with E-state index in [0.717, 1.165) is 37.7 Å². The van der Waals surface area contributed by atoms with Crippen molar-refractivity contribution in [3.63, 3.8) is 0 Å². The van der Waals surface area contributed by atoms with Crippen LogP contribution in [-0.4, -0.2) is 39.4 Å². The number of ketones is 2. The molecule has 3 fully saturated rings. The lowest BCUT2D eigenvalue weighted by molar-refractivity contribution is -0.144. The van der Waals surface area contributed by atoms with Crippen molar-refractivity contribution in [1.29, 1.82) is 0 Å². The first kappa shape index (κ1) is 31.4. The summed E-state index contributed by atoms with van der Waals surface area (Å²) in [7, 11) is 0. The van der Waals surface area contributed by atoms with Crippen molar-refractivity contribution in [2.75, 3.05) is 0 Å². The number of Topliss-reactive ketones (excluding diaryl/α,β-unsaturated/α-hetero) is 1. The number of benzene rings is 3. The first-order valence-corrected chi connectivity index (χ1v) is 17.8. The van der Waals surface area contributed by atoms with Crippen molar-refractivity contribution in [3.05, 3.63) is 131 Å². The number of phenols is 1. The molecule has 0 radical (unpaired) electrons. The van der Waals surface area contributed by atoms with E-state index in [1.54, 1.807) is 11.0 Å². The van der Waals surface area contributed by atoms with Gasteiger partial charge in [-0.1, -0.05) is 116 Å². The zero-order valence-electron chi connectivity index (χ0n) is 27.6. The number of fused-ring (bicyclic) bond motifs is 4. The molecule has 5 aliphatic rings. The Morgan fingerprint density at radius 2 is 1.55 bits per heavy atom. The maximum Gasteiger partial charge on any atom is 0.233 e. The zero-order valence-corrected chi connectivity index (χ0v) is 27.6. The van der Waals surface area contributed by atoms with Gasteiger partial charge in [-0.05, 0) is 60.8 Å². The van der Waals surface area contributed by atoms with E-state index in [1.165, 1.54) is 6.08 Å². The largest absolute Gasteiger partial charge is 0.507 e. The maximum absolute atomic E-state index is 15.2. The third-order valence-electron chi connectivity index (χ3n) is 12.2. The number of amides is 2. The van der Waals surface area contributed by atoms with Gasteiger partial charge >= 0.3 is 0 Å². The Morgan fingerprint density at radius 3 is 2.27 bits per heavy atom. The van der Waals surface area contributed by atoms with E-state index < -0.39 is 35.0 Å². The molecule has 1 aliphatic heterocycles. The standard InChI is InChI=1S/C43H41NO5/c1-2-13-27-16-12-21-32(39(27)46)38-30-22-23-31-37(42(49)44(41(31)48)29-19-10-5-11-20-29)34(30)24-35-40(47)33(26-14-6-3-7-15-26)25-36(45)43(35,38)28-17-8-4-9-18-28/h2-4,6-9,12,14-18,21-22,25,29,31,34-35,37-38,46H,1,5,10-11,13,19-20,23-24H2. The normalized spacial score (nSPS) is 29.9. The van der Waals surface area contributed by atoms with Gasteiger partial charge in [-0.2, -0.15) is 0 Å². The van der Waals surface area contributed by atoms with Gasteiger partial charge in [-0.15, -0.1) is 6.58 Å². The van der Waals surface area contributed by atoms with Crippen LogP contribution in [0.1, 0.15) is 73.1 Å². The number of imide groups is 1. The highest BCUT2D eigenvalue weighted by molar-refractivity contribution is 6.31. The predicted octanol–water partition coefficient (Wildman–Crippen LogP) is 7.28. The highest BCUT2D eigenvalue weighted by atomic mass is 16.3. The highest BCUT2D eigenvalue weighted by Gasteiger charge is 2.66. The molecule has 0 bridgehead atoms. The second-order valence-electron chi connectivity index (χ2n) is 14.5. The topological polar surface area (TPSA) is 91.8 Å². The Hall–Kier alpha value is -4.84. The summed E-state index contributed by atoms with van der Waals surface area (Å²) in [6.07, 6.45) is 11.2. The van der Waals surface area contributed by atoms with Crippen LogP contribution in [0.25, 0.3) is 5.57 Å². The van der Waals surface area contributed by atoms with Gasteiger partial charge in [-0.25, -0.2) is 0 Å². The molecule has 248 valence electrons. The van der Waals surface area contributed by atoms with Crippen molar-refractivity contribution in [2.45, 2.75) is 68.7 Å². The summed E-state index contributed by atoms with van der Waals surface area (Å²) in [6.45, 7) is 3.88. The molecule has 3 aromatic rings. The Balaban J connectivity index is 1.37. The molecule has 6 heteroatoms. The van der Waals surface area contributed by atoms with Crippen LogP contribution in [0.4, 0.5) is 0 Å². The molecule has 6 nitrogen and oxygen atoms in total. The zero-order chi connectivity index (χ0) is 33.9. The number of likely N-dealkylation sites (tertiary alicyclic amines) is 1. The monoisotopic (exact) mass is 651 g/mol. The number of carbonyl (C=O) groups is 4. The minimum absolute atomic E-state index is 0.0703. The lowest BCUT2D eigenvalue weighted by Crippen LogP contribution is -2.58. The van der Waals surface area contributed by atoms with Crippen molar-refractivity contribution in [2.24, 2.45) is 23.7 Å². The smallest absolute Gasteiger partial charge is 0.233 e. The van der Waals surface area contributed by atoms with Gasteiger partial charge in [-0.3, -0.25) is 24.1 Å². The van der Waals surface area contributed by atoms with E-state index in [0.29, 0.717) is 40.7 Å². The van der Waals surface area contributed by atoms with E-state index in [-0.39, 0.29) is 41.6 Å². The van der Waals surface area contributed by atoms with Gasteiger partial charge in [0.2, 0.25) is 11.8 Å². The average molecular weight is 652 g/mol. The fraction of sp³-hybridized carbons (Fsp3) is 0.349. The van der Waals surface area contributed by atoms with Gasteiger partial charge < -0.3 is 5.11 Å². The molecule has 6 unspecified atom stereocenters. The molecule has 0 spiro atoms. The third-order valence-corrected chi connectivity index (χ3v) is 12.2. The van der Waals surface area contributed by atoms with Crippen LogP contribution in [0.15, 0.2) is 109 Å². The minimum Gasteiger partial charge on any atom is -0.507 e. The van der Waals surface area contributed by atoms with E-state index >= 15 is 9.59 Å². The number of para-hydroxylation sites is 1. The number of carbonyl (C=O) groups excluding carboxylic acids is 4. The van der Waals surface area contributed by atoms with Crippen LogP contribution in [0.2, 0.25) is 0 Å². The molecule has 8 rings (SSSR count). The lowest BCUT2D eigenvalue weighted by Gasteiger charge is -2.55. The van der Waals surface area contributed by atoms with E-state index in [9.17, 15) is 14.7 Å². The molecule has 2 amide bonds. The summed E-state index contributed by atoms with van der Waals surface area (Å²) in [5.74, 6) is -3.62. The number of allylic oxidation sites excluding steroid dienone is 5. The molecule has 6 atom stereocenters. The number of aromatic hydroxyl groups is 1. The van der Waals surface area contributed by atoms with Crippen molar-refractivity contribution in [3.8, 4) is 5.75 Å². The van der Waals surface area contributed by atoms with Crippen LogP contribution in [0, 0.1) is 23.7 Å². The highest BCUT2D eigenvalue weighted by Crippen LogP contribution is 2.64. The van der Waals surface area contributed by atoms with Crippen molar-refractivity contribution < 1.29 is 24.3 Å². The molecule has 0 aromatic heterocycles. The second kappa shape index (κ2) is 12.2. The number of rotatable bonds is 6. The summed E-state index contributed by atoms with van der Waals surface area (Å²) in [6, 6.07) is 24.3.